The van der Waals surface area contributed by atoms with Gasteiger partial charge in [-0.05, 0) is 42.3 Å². The normalized spacial score (nSPS) is 10.8. The first-order chi connectivity index (χ1) is 15.1. The molecule has 0 saturated heterocycles. The van der Waals surface area contributed by atoms with Crippen LogP contribution in [0.2, 0.25) is 0 Å². The average Bonchev–Trinajstić information content (AvgIpc) is 2.78. The van der Waals surface area contributed by atoms with Crippen LogP contribution in [0.3, 0.4) is 0 Å². The number of rotatable bonds is 9. The van der Waals surface area contributed by atoms with Gasteiger partial charge in [-0.2, -0.15) is 0 Å². The zero-order valence-electron chi connectivity index (χ0n) is 17.9. The van der Waals surface area contributed by atoms with Crippen LogP contribution in [-0.4, -0.2) is 31.7 Å². The molecular weight excluding hydrogens is 526 g/mol. The third-order valence-corrected chi connectivity index (χ3v) is 4.45. The molecule has 0 aliphatic rings. The Balaban J connectivity index is 0.00000363. The average molecular weight is 552 g/mol. The number of guanidine groups is 1. The molecule has 0 bridgehead atoms. The third-order valence-electron chi connectivity index (χ3n) is 4.45. The standard InChI is InChI=1S/C23H25FN4O3.HI/c1-29-20-9-8-16(13-21(20)30-2)10-12-27-23(25)28-15-17-5-4-11-26-22(17)31-19-7-3-6-18(24)14-19;/h3-9,11,13-14H,10,12,15H2,1-2H3,(H3,25,27,28);1H. The summed E-state index contributed by atoms with van der Waals surface area (Å²) < 4.78 is 29.7. The van der Waals surface area contributed by atoms with Crippen molar-refractivity contribution < 1.29 is 18.6 Å². The molecule has 0 aliphatic heterocycles. The van der Waals surface area contributed by atoms with Crippen LogP contribution in [0.25, 0.3) is 0 Å². The van der Waals surface area contributed by atoms with E-state index in [-0.39, 0.29) is 36.3 Å². The predicted molar refractivity (Wildman–Crippen MR) is 133 cm³/mol. The first-order valence-electron chi connectivity index (χ1n) is 9.71. The number of methoxy groups -OCH3 is 2. The monoisotopic (exact) mass is 552 g/mol. The number of nitrogens with zero attached hydrogens (tertiary/aromatic N) is 2. The number of aliphatic imine (C=N–C) groups is 1. The number of hydrogen-bond acceptors (Lipinski definition) is 5. The van der Waals surface area contributed by atoms with Gasteiger partial charge in [0.2, 0.25) is 5.88 Å². The molecule has 0 atom stereocenters. The number of ether oxygens (including phenoxy) is 3. The van der Waals surface area contributed by atoms with Crippen molar-refractivity contribution in [1.29, 1.82) is 0 Å². The largest absolute Gasteiger partial charge is 0.493 e. The van der Waals surface area contributed by atoms with Gasteiger partial charge in [-0.15, -0.1) is 24.0 Å². The Kier molecular flexibility index (Phi) is 9.99. The lowest BCUT2D eigenvalue weighted by Gasteiger charge is -2.11. The molecule has 9 heteroatoms. The van der Waals surface area contributed by atoms with Gasteiger partial charge in [0.15, 0.2) is 17.5 Å². The molecule has 3 rings (SSSR count). The van der Waals surface area contributed by atoms with Gasteiger partial charge in [0, 0.05) is 24.4 Å². The van der Waals surface area contributed by atoms with Crippen molar-refractivity contribution in [3.05, 3.63) is 77.7 Å². The molecule has 0 amide bonds. The number of halogens is 2. The van der Waals surface area contributed by atoms with Crippen LogP contribution in [0.5, 0.6) is 23.1 Å². The van der Waals surface area contributed by atoms with E-state index in [0.717, 1.165) is 17.5 Å². The lowest BCUT2D eigenvalue weighted by molar-refractivity contribution is 0.354. The van der Waals surface area contributed by atoms with Crippen LogP contribution in [0.4, 0.5) is 4.39 Å². The minimum Gasteiger partial charge on any atom is -0.493 e. The highest BCUT2D eigenvalue weighted by atomic mass is 127. The molecule has 0 fully saturated rings. The van der Waals surface area contributed by atoms with Crippen LogP contribution in [0.15, 0.2) is 65.8 Å². The van der Waals surface area contributed by atoms with Crippen molar-refractivity contribution in [3.8, 4) is 23.1 Å². The van der Waals surface area contributed by atoms with Gasteiger partial charge in [0.1, 0.15) is 11.6 Å². The van der Waals surface area contributed by atoms with Gasteiger partial charge >= 0.3 is 0 Å². The molecule has 2 aromatic carbocycles. The maximum absolute atomic E-state index is 13.4. The first-order valence-corrected chi connectivity index (χ1v) is 9.71. The molecule has 0 spiro atoms. The number of nitrogens with two attached hydrogens (primary N) is 1. The molecule has 32 heavy (non-hydrogen) atoms. The predicted octanol–water partition coefficient (Wildman–Crippen LogP) is 4.30. The molecule has 1 heterocycles. The van der Waals surface area contributed by atoms with Gasteiger partial charge in [-0.25, -0.2) is 14.4 Å². The number of pyridine rings is 1. The minimum absolute atomic E-state index is 0. The Morgan fingerprint density at radius 2 is 1.88 bits per heavy atom. The van der Waals surface area contributed by atoms with Crippen LogP contribution in [-0.2, 0) is 13.0 Å². The molecule has 0 saturated carbocycles. The quantitative estimate of drug-likeness (QED) is 0.234. The van der Waals surface area contributed by atoms with Crippen molar-refractivity contribution in [2.45, 2.75) is 13.0 Å². The molecule has 7 nitrogen and oxygen atoms in total. The lowest BCUT2D eigenvalue weighted by Crippen LogP contribution is -2.33. The third kappa shape index (κ3) is 7.26. The summed E-state index contributed by atoms with van der Waals surface area (Å²) in [7, 11) is 3.21. The van der Waals surface area contributed by atoms with E-state index in [9.17, 15) is 4.39 Å². The summed E-state index contributed by atoms with van der Waals surface area (Å²) in [5, 5.41) is 3.09. The zero-order chi connectivity index (χ0) is 22.1. The van der Waals surface area contributed by atoms with Gasteiger partial charge < -0.3 is 25.3 Å². The van der Waals surface area contributed by atoms with E-state index in [0.29, 0.717) is 35.6 Å². The summed E-state index contributed by atoms with van der Waals surface area (Å²) in [5.74, 6) is 2.02. The SMILES string of the molecule is COc1ccc(CCNC(N)=NCc2cccnc2Oc2cccc(F)c2)cc1OC.I. The van der Waals surface area contributed by atoms with Crippen LogP contribution in [0, 0.1) is 5.82 Å². The summed E-state index contributed by atoms with van der Waals surface area (Å²) in [6.45, 7) is 0.873. The van der Waals surface area contributed by atoms with Crippen LogP contribution >= 0.6 is 24.0 Å². The van der Waals surface area contributed by atoms with Crippen molar-refractivity contribution >= 4 is 29.9 Å². The Bertz CT molecular complexity index is 1050. The molecule has 170 valence electrons. The second-order valence-electron chi connectivity index (χ2n) is 6.59. The van der Waals surface area contributed by atoms with Crippen molar-refractivity contribution in [3.63, 3.8) is 0 Å². The molecule has 3 aromatic rings. The summed E-state index contributed by atoms with van der Waals surface area (Å²) in [6.07, 6.45) is 2.34. The van der Waals surface area contributed by atoms with Gasteiger partial charge in [-0.1, -0.05) is 18.2 Å². The smallest absolute Gasteiger partial charge is 0.224 e. The van der Waals surface area contributed by atoms with Gasteiger partial charge in [0.05, 0.1) is 20.8 Å². The minimum atomic E-state index is -0.379. The van der Waals surface area contributed by atoms with E-state index < -0.39 is 0 Å². The van der Waals surface area contributed by atoms with E-state index in [4.69, 9.17) is 19.9 Å². The van der Waals surface area contributed by atoms with E-state index in [1.54, 1.807) is 38.6 Å². The van der Waals surface area contributed by atoms with Crippen LogP contribution < -0.4 is 25.3 Å². The van der Waals surface area contributed by atoms with Gasteiger partial charge in [-0.3, -0.25) is 0 Å². The summed E-state index contributed by atoms with van der Waals surface area (Å²) >= 11 is 0. The Morgan fingerprint density at radius 1 is 1.06 bits per heavy atom. The number of aromatic nitrogens is 1. The van der Waals surface area contributed by atoms with E-state index >= 15 is 0 Å². The maximum atomic E-state index is 13.4. The fraction of sp³-hybridized carbons (Fsp3) is 0.217. The number of benzene rings is 2. The fourth-order valence-corrected chi connectivity index (χ4v) is 2.88. The molecular formula is C23H26FIN4O3. The molecule has 0 radical (unpaired) electrons. The second-order valence-corrected chi connectivity index (χ2v) is 6.59. The highest BCUT2D eigenvalue weighted by molar-refractivity contribution is 14.0. The Morgan fingerprint density at radius 3 is 2.62 bits per heavy atom. The van der Waals surface area contributed by atoms with Gasteiger partial charge in [0.25, 0.3) is 0 Å². The van der Waals surface area contributed by atoms with Crippen molar-refractivity contribution in [2.24, 2.45) is 10.7 Å². The van der Waals surface area contributed by atoms with E-state index in [1.807, 2.05) is 24.3 Å². The summed E-state index contributed by atoms with van der Waals surface area (Å²) in [5.41, 5.74) is 7.81. The second kappa shape index (κ2) is 12.7. The Labute approximate surface area is 203 Å². The maximum Gasteiger partial charge on any atom is 0.224 e. The molecule has 3 N–H and O–H groups in total. The van der Waals surface area contributed by atoms with Crippen molar-refractivity contribution in [1.82, 2.24) is 10.3 Å². The Hall–Kier alpha value is -3.08. The van der Waals surface area contributed by atoms with Crippen molar-refractivity contribution in [2.75, 3.05) is 20.8 Å². The first kappa shape index (κ1) is 25.2. The summed E-state index contributed by atoms with van der Waals surface area (Å²) in [4.78, 5) is 8.57. The highest BCUT2D eigenvalue weighted by Gasteiger charge is 2.07. The number of nitrogens with one attached hydrogen (secondary N) is 1. The van der Waals surface area contributed by atoms with E-state index in [1.165, 1.54) is 12.1 Å². The van der Waals surface area contributed by atoms with E-state index in [2.05, 4.69) is 15.3 Å². The summed E-state index contributed by atoms with van der Waals surface area (Å²) in [6, 6.07) is 15.3. The molecule has 0 unspecified atom stereocenters. The molecule has 0 aliphatic carbocycles. The zero-order valence-corrected chi connectivity index (χ0v) is 20.2. The fourth-order valence-electron chi connectivity index (χ4n) is 2.88. The topological polar surface area (TPSA) is 91.0 Å². The lowest BCUT2D eigenvalue weighted by atomic mass is 10.1. The molecule has 1 aromatic heterocycles. The highest BCUT2D eigenvalue weighted by Crippen LogP contribution is 2.27. The van der Waals surface area contributed by atoms with Crippen LogP contribution in [0.1, 0.15) is 11.1 Å². The number of hydrogen-bond donors (Lipinski definition) is 2.